The molecule has 2 aliphatic rings. The molecule has 1 fully saturated rings. The van der Waals surface area contributed by atoms with Gasteiger partial charge in [-0.3, -0.25) is 19.8 Å². The monoisotopic (exact) mass is 454 g/mol. The number of aryl methyl sites for hydroxylation is 1. The van der Waals surface area contributed by atoms with Gasteiger partial charge in [-0.15, -0.1) is 0 Å². The number of nitro benzene ring substituents is 1. The van der Waals surface area contributed by atoms with Crippen molar-refractivity contribution in [3.8, 4) is 11.5 Å². The molecule has 1 saturated heterocycles. The van der Waals surface area contributed by atoms with Crippen LogP contribution in [0.1, 0.15) is 28.8 Å². The number of carbonyl (C=O) groups excluding carboxylic acids is 1. The van der Waals surface area contributed by atoms with Crippen molar-refractivity contribution in [1.82, 2.24) is 10.2 Å². The predicted molar refractivity (Wildman–Crippen MR) is 125 cm³/mol. The number of ether oxygens (including phenoxy) is 2. The van der Waals surface area contributed by atoms with Crippen molar-refractivity contribution in [2.24, 2.45) is 0 Å². The predicted octanol–water partition coefficient (Wildman–Crippen LogP) is 3.01. The number of amides is 1. The number of fused-ring (bicyclic) bond motifs is 1. The van der Waals surface area contributed by atoms with Crippen LogP contribution in [0.4, 0.5) is 11.4 Å². The van der Waals surface area contributed by atoms with E-state index in [-0.39, 0.29) is 11.3 Å². The summed E-state index contributed by atoms with van der Waals surface area (Å²) in [7, 11) is 0. The Hall–Kier alpha value is -3.33. The van der Waals surface area contributed by atoms with Gasteiger partial charge in [0.1, 0.15) is 18.8 Å². The van der Waals surface area contributed by atoms with Crippen LogP contribution >= 0.6 is 0 Å². The zero-order valence-corrected chi connectivity index (χ0v) is 18.9. The smallest absolute Gasteiger partial charge is 0.286 e. The molecule has 2 aliphatic heterocycles. The highest BCUT2D eigenvalue weighted by Gasteiger charge is 2.26. The fourth-order valence-electron chi connectivity index (χ4n) is 4.22. The summed E-state index contributed by atoms with van der Waals surface area (Å²) in [6.45, 7) is 8.29. The number of anilines is 1. The molecule has 9 nitrogen and oxygen atoms in total. The first-order valence-electron chi connectivity index (χ1n) is 11.4. The van der Waals surface area contributed by atoms with Gasteiger partial charge in [-0.2, -0.15) is 0 Å². The van der Waals surface area contributed by atoms with Crippen LogP contribution in [0.5, 0.6) is 11.5 Å². The molecule has 1 amide bonds. The number of unbranched alkanes of at least 4 members (excludes halogenated alkanes) is 1. The van der Waals surface area contributed by atoms with Gasteiger partial charge in [0.05, 0.1) is 11.0 Å². The first-order chi connectivity index (χ1) is 16.0. The van der Waals surface area contributed by atoms with Gasteiger partial charge in [0, 0.05) is 44.5 Å². The van der Waals surface area contributed by atoms with Crippen molar-refractivity contribution < 1.29 is 19.2 Å². The van der Waals surface area contributed by atoms with Crippen molar-refractivity contribution in [2.45, 2.75) is 19.8 Å². The quantitative estimate of drug-likeness (QED) is 0.372. The van der Waals surface area contributed by atoms with Gasteiger partial charge in [0.2, 0.25) is 0 Å². The lowest BCUT2D eigenvalue weighted by Gasteiger charge is -2.36. The maximum atomic E-state index is 12.6. The van der Waals surface area contributed by atoms with Crippen molar-refractivity contribution in [3.63, 3.8) is 0 Å². The highest BCUT2D eigenvalue weighted by molar-refractivity contribution is 5.99. The largest absolute Gasteiger partial charge is 0.486 e. The summed E-state index contributed by atoms with van der Waals surface area (Å²) >= 11 is 0. The lowest BCUT2D eigenvalue weighted by atomic mass is 10.1. The van der Waals surface area contributed by atoms with Crippen LogP contribution in [0.2, 0.25) is 0 Å². The average molecular weight is 455 g/mol. The summed E-state index contributed by atoms with van der Waals surface area (Å²) < 4.78 is 10.9. The number of piperazine rings is 1. The first kappa shape index (κ1) is 22.8. The molecule has 0 unspecified atom stereocenters. The normalized spacial score (nSPS) is 15.8. The zero-order chi connectivity index (χ0) is 23.2. The lowest BCUT2D eigenvalue weighted by molar-refractivity contribution is -0.385. The Morgan fingerprint density at radius 3 is 2.48 bits per heavy atom. The highest BCUT2D eigenvalue weighted by atomic mass is 16.6. The minimum absolute atomic E-state index is 0.00322. The molecular formula is C24H30N4O5. The minimum atomic E-state index is -0.566. The van der Waals surface area contributed by atoms with Gasteiger partial charge >= 0.3 is 0 Å². The summed E-state index contributed by atoms with van der Waals surface area (Å²) in [5, 5.41) is 14.2. The minimum Gasteiger partial charge on any atom is -0.486 e. The van der Waals surface area contributed by atoms with Crippen molar-refractivity contribution in [3.05, 3.63) is 57.6 Å². The van der Waals surface area contributed by atoms with Crippen LogP contribution in [-0.2, 0) is 0 Å². The first-order valence-corrected chi connectivity index (χ1v) is 11.4. The number of benzene rings is 2. The lowest BCUT2D eigenvalue weighted by Crippen LogP contribution is -2.46. The van der Waals surface area contributed by atoms with Crippen LogP contribution in [0.15, 0.2) is 36.4 Å². The molecule has 176 valence electrons. The number of hydrogen-bond acceptors (Lipinski definition) is 7. The van der Waals surface area contributed by atoms with E-state index in [2.05, 4.69) is 46.3 Å². The molecule has 0 aromatic heterocycles. The van der Waals surface area contributed by atoms with E-state index in [1.807, 2.05) is 0 Å². The second kappa shape index (κ2) is 10.5. The number of hydrogen-bond donors (Lipinski definition) is 1. The molecule has 2 heterocycles. The molecule has 33 heavy (non-hydrogen) atoms. The third-order valence-corrected chi connectivity index (χ3v) is 6.03. The van der Waals surface area contributed by atoms with Crippen molar-refractivity contribution in [2.75, 3.05) is 57.4 Å². The Morgan fingerprint density at radius 2 is 1.79 bits per heavy atom. The van der Waals surface area contributed by atoms with E-state index in [4.69, 9.17) is 9.47 Å². The third kappa shape index (κ3) is 5.73. The van der Waals surface area contributed by atoms with Gasteiger partial charge in [0.15, 0.2) is 11.5 Å². The molecule has 4 rings (SSSR count). The molecule has 0 spiro atoms. The van der Waals surface area contributed by atoms with E-state index in [0.29, 0.717) is 31.3 Å². The summed E-state index contributed by atoms with van der Waals surface area (Å²) in [6, 6.07) is 11.3. The van der Waals surface area contributed by atoms with E-state index in [1.165, 1.54) is 23.4 Å². The fraction of sp³-hybridized carbons (Fsp3) is 0.458. The second-order valence-corrected chi connectivity index (χ2v) is 8.40. The average Bonchev–Trinajstić information content (AvgIpc) is 2.83. The van der Waals surface area contributed by atoms with Crippen molar-refractivity contribution >= 4 is 17.3 Å². The molecule has 1 N–H and O–H groups in total. The van der Waals surface area contributed by atoms with Crippen LogP contribution in [-0.4, -0.2) is 68.2 Å². The number of rotatable bonds is 8. The van der Waals surface area contributed by atoms with Crippen LogP contribution < -0.4 is 19.7 Å². The maximum Gasteiger partial charge on any atom is 0.286 e. The molecule has 0 radical (unpaired) electrons. The molecule has 0 saturated carbocycles. The Bertz CT molecular complexity index is 1000. The Labute approximate surface area is 193 Å². The number of nitrogens with one attached hydrogen (secondary N) is 1. The number of carbonyl (C=O) groups is 1. The molecule has 0 bridgehead atoms. The van der Waals surface area contributed by atoms with Crippen LogP contribution in [0, 0.1) is 17.0 Å². The number of nitro groups is 1. The van der Waals surface area contributed by atoms with E-state index in [9.17, 15) is 14.9 Å². The van der Waals surface area contributed by atoms with Crippen molar-refractivity contribution in [1.29, 1.82) is 0 Å². The zero-order valence-electron chi connectivity index (χ0n) is 18.9. The van der Waals surface area contributed by atoms with E-state index >= 15 is 0 Å². The molecule has 9 heteroatoms. The molecule has 2 aromatic rings. The topological polar surface area (TPSA) is 97.2 Å². The van der Waals surface area contributed by atoms with Gasteiger partial charge < -0.3 is 19.7 Å². The highest BCUT2D eigenvalue weighted by Crippen LogP contribution is 2.36. The Morgan fingerprint density at radius 1 is 1.06 bits per heavy atom. The summed E-state index contributed by atoms with van der Waals surface area (Å²) in [5.41, 5.74) is 2.28. The van der Waals surface area contributed by atoms with Gasteiger partial charge in [-0.05, 0) is 44.0 Å². The Kier molecular flexibility index (Phi) is 7.29. The third-order valence-electron chi connectivity index (χ3n) is 6.03. The van der Waals surface area contributed by atoms with Gasteiger partial charge in [0.25, 0.3) is 11.6 Å². The SMILES string of the molecule is Cc1cccc(N2CCN(CCCCNC(=O)c3cc4c(cc3[N+](=O)[O-])OCCO4)CC2)c1. The molecule has 0 atom stereocenters. The fourth-order valence-corrected chi connectivity index (χ4v) is 4.22. The molecular weight excluding hydrogens is 424 g/mol. The van der Waals surface area contributed by atoms with Crippen LogP contribution in [0.3, 0.4) is 0 Å². The van der Waals surface area contributed by atoms with Gasteiger partial charge in [-0.25, -0.2) is 0 Å². The molecule has 2 aromatic carbocycles. The summed E-state index contributed by atoms with van der Waals surface area (Å²) in [5.74, 6) is 0.194. The maximum absolute atomic E-state index is 12.6. The summed E-state index contributed by atoms with van der Waals surface area (Å²) in [6.07, 6.45) is 1.76. The standard InChI is InChI=1S/C24H30N4O5/c1-18-5-4-6-19(15-18)27-11-9-26(10-12-27)8-3-2-7-25-24(29)20-16-22-23(33-14-13-32-22)17-21(20)28(30)31/h4-6,15-17H,2-3,7-14H2,1H3,(H,25,29). The van der Waals surface area contributed by atoms with E-state index in [1.54, 1.807) is 0 Å². The van der Waals surface area contributed by atoms with E-state index < -0.39 is 10.8 Å². The van der Waals surface area contributed by atoms with Crippen LogP contribution in [0.25, 0.3) is 0 Å². The van der Waals surface area contributed by atoms with E-state index in [0.717, 1.165) is 45.6 Å². The summed E-state index contributed by atoms with van der Waals surface area (Å²) in [4.78, 5) is 28.3. The Balaban J connectivity index is 1.20. The van der Waals surface area contributed by atoms with Gasteiger partial charge in [-0.1, -0.05) is 12.1 Å². The number of nitrogens with zero attached hydrogens (tertiary/aromatic N) is 3. The molecule has 0 aliphatic carbocycles. The second-order valence-electron chi connectivity index (χ2n) is 8.40.